The predicted octanol–water partition coefficient (Wildman–Crippen LogP) is 6.64. The molecule has 0 heterocycles. The number of halogens is 2. The Labute approximate surface area is 201 Å². The second-order valence-corrected chi connectivity index (χ2v) is 12.1. The Bertz CT molecular complexity index is 1170. The van der Waals surface area contributed by atoms with E-state index in [0.29, 0.717) is 31.2 Å². The van der Waals surface area contributed by atoms with Gasteiger partial charge in [0.1, 0.15) is 17.2 Å². The van der Waals surface area contributed by atoms with Crippen LogP contribution in [-0.2, 0) is 4.79 Å². The van der Waals surface area contributed by atoms with Crippen molar-refractivity contribution >= 4 is 5.78 Å². The fourth-order valence-corrected chi connectivity index (χ4v) is 7.22. The van der Waals surface area contributed by atoms with Gasteiger partial charge >= 0.3 is 0 Å². The Kier molecular flexibility index (Phi) is 5.45. The van der Waals surface area contributed by atoms with Crippen LogP contribution in [0, 0.1) is 46.1 Å². The molecular weight excluding hydrogens is 430 g/mol. The molecule has 5 rings (SSSR count). The highest BCUT2D eigenvalue weighted by molar-refractivity contribution is 5.93. The second-order valence-electron chi connectivity index (χ2n) is 12.1. The maximum atomic E-state index is 15.2. The first-order chi connectivity index (χ1) is 15.9. The van der Waals surface area contributed by atoms with E-state index in [1.54, 1.807) is 6.08 Å². The summed E-state index contributed by atoms with van der Waals surface area (Å²) in [6.07, 6.45) is 6.58. The van der Waals surface area contributed by atoms with Crippen LogP contribution in [-0.4, -0.2) is 16.5 Å². The van der Waals surface area contributed by atoms with Crippen LogP contribution in [0.3, 0.4) is 0 Å². The summed E-state index contributed by atoms with van der Waals surface area (Å²) < 4.78 is 29.6. The third-order valence-corrected chi connectivity index (χ3v) is 8.86. The van der Waals surface area contributed by atoms with Gasteiger partial charge in [0.25, 0.3) is 0 Å². The van der Waals surface area contributed by atoms with E-state index >= 15 is 4.39 Å². The monoisotopic (exact) mass is 464 g/mol. The van der Waals surface area contributed by atoms with Crippen molar-refractivity contribution in [2.75, 3.05) is 0 Å². The number of carbonyl (C=O) groups is 1. The Balaban J connectivity index is 1.70. The van der Waals surface area contributed by atoms with Gasteiger partial charge in [-0.3, -0.25) is 4.79 Å². The summed E-state index contributed by atoms with van der Waals surface area (Å²) in [7, 11) is 0. The SMILES string of the molecule is CC(C)(C)C#C[C@]1(O)CC[C@H]2[C@@H]3CCC4=CC(=O)CCC4=C3[C@@H](c3cc(F)ccc3F)C[C@@]21C. The summed E-state index contributed by atoms with van der Waals surface area (Å²) in [5.41, 5.74) is 1.88. The molecule has 0 aromatic heterocycles. The number of rotatable bonds is 1. The fraction of sp³-hybridized carbons (Fsp3) is 0.567. The molecule has 0 saturated heterocycles. The number of hydrogen-bond donors (Lipinski definition) is 1. The first-order valence-corrected chi connectivity index (χ1v) is 12.6. The van der Waals surface area contributed by atoms with Gasteiger partial charge in [0, 0.05) is 23.2 Å². The first kappa shape index (κ1) is 23.5. The number of fused-ring (bicyclic) bond motifs is 4. The fourth-order valence-electron chi connectivity index (χ4n) is 7.22. The van der Waals surface area contributed by atoms with Crippen molar-refractivity contribution in [2.45, 2.75) is 84.2 Å². The molecule has 0 unspecified atom stereocenters. The van der Waals surface area contributed by atoms with E-state index in [1.807, 2.05) is 20.8 Å². The van der Waals surface area contributed by atoms with Crippen molar-refractivity contribution in [3.8, 4) is 11.8 Å². The Morgan fingerprint density at radius 1 is 1.12 bits per heavy atom. The number of allylic oxidation sites excluding steroid dienone is 4. The summed E-state index contributed by atoms with van der Waals surface area (Å²) in [5.74, 6) is 5.88. The molecule has 0 radical (unpaired) electrons. The van der Waals surface area contributed by atoms with Gasteiger partial charge < -0.3 is 5.11 Å². The molecule has 0 aliphatic heterocycles. The van der Waals surface area contributed by atoms with Crippen molar-refractivity contribution in [1.29, 1.82) is 0 Å². The summed E-state index contributed by atoms with van der Waals surface area (Å²) >= 11 is 0. The van der Waals surface area contributed by atoms with Crippen LogP contribution < -0.4 is 0 Å². The summed E-state index contributed by atoms with van der Waals surface area (Å²) in [6, 6.07) is 3.70. The largest absolute Gasteiger partial charge is 0.377 e. The molecule has 2 saturated carbocycles. The maximum Gasteiger partial charge on any atom is 0.156 e. The standard InChI is InChI=1S/C30H34F2O2/c1-28(2,3)13-14-30(34)12-11-25-22-8-5-18-15-20(33)7-9-21(18)27(22)24(17-29(25,30)4)23-16-19(31)6-10-26(23)32/h6,10,15-16,22,24-25,34H,5,7-9,11-12,17H2,1-4H3/t22-,24+,25-,29-,30+/m0/s1. The lowest BCUT2D eigenvalue weighted by Gasteiger charge is -2.53. The number of benzene rings is 1. The molecule has 34 heavy (non-hydrogen) atoms. The molecule has 1 aromatic carbocycles. The van der Waals surface area contributed by atoms with Gasteiger partial charge in [-0.15, -0.1) is 0 Å². The molecule has 4 aliphatic rings. The number of aliphatic hydroxyl groups is 1. The zero-order valence-electron chi connectivity index (χ0n) is 20.6. The lowest BCUT2D eigenvalue weighted by atomic mass is 9.51. The van der Waals surface area contributed by atoms with E-state index in [2.05, 4.69) is 18.8 Å². The molecule has 4 aliphatic carbocycles. The zero-order valence-corrected chi connectivity index (χ0v) is 20.6. The minimum atomic E-state index is -1.16. The van der Waals surface area contributed by atoms with E-state index in [9.17, 15) is 14.3 Å². The number of carbonyl (C=O) groups excluding carboxylic acids is 1. The summed E-state index contributed by atoms with van der Waals surface area (Å²) in [6.45, 7) is 8.22. The lowest BCUT2D eigenvalue weighted by molar-refractivity contribution is -0.114. The number of hydrogen-bond acceptors (Lipinski definition) is 2. The van der Waals surface area contributed by atoms with Crippen molar-refractivity contribution in [2.24, 2.45) is 22.7 Å². The van der Waals surface area contributed by atoms with Gasteiger partial charge in [-0.05, 0) is 112 Å². The van der Waals surface area contributed by atoms with Crippen molar-refractivity contribution in [3.63, 3.8) is 0 Å². The van der Waals surface area contributed by atoms with Gasteiger partial charge in [-0.25, -0.2) is 8.78 Å². The van der Waals surface area contributed by atoms with Crippen LogP contribution in [0.25, 0.3) is 0 Å². The zero-order chi connectivity index (χ0) is 24.5. The minimum Gasteiger partial charge on any atom is -0.377 e. The van der Waals surface area contributed by atoms with Crippen molar-refractivity contribution < 1.29 is 18.7 Å². The topological polar surface area (TPSA) is 37.3 Å². The molecular formula is C30H34F2O2. The van der Waals surface area contributed by atoms with E-state index in [-0.39, 0.29) is 29.0 Å². The Hall–Kier alpha value is -2.25. The van der Waals surface area contributed by atoms with Gasteiger partial charge in [-0.1, -0.05) is 24.3 Å². The first-order valence-electron chi connectivity index (χ1n) is 12.6. The average Bonchev–Trinajstić information content (AvgIpc) is 3.03. The highest BCUT2D eigenvalue weighted by Gasteiger charge is 2.62. The maximum absolute atomic E-state index is 15.2. The molecule has 1 N–H and O–H groups in total. The molecule has 0 spiro atoms. The van der Waals surface area contributed by atoms with Gasteiger partial charge in [0.05, 0.1) is 0 Å². The molecule has 4 heteroatoms. The highest BCUT2D eigenvalue weighted by atomic mass is 19.1. The predicted molar refractivity (Wildman–Crippen MR) is 129 cm³/mol. The van der Waals surface area contributed by atoms with Gasteiger partial charge in [0.15, 0.2) is 5.78 Å². The van der Waals surface area contributed by atoms with Crippen LogP contribution in [0.5, 0.6) is 0 Å². The van der Waals surface area contributed by atoms with Crippen LogP contribution in [0.2, 0.25) is 0 Å². The average molecular weight is 465 g/mol. The Morgan fingerprint density at radius 2 is 1.88 bits per heavy atom. The van der Waals surface area contributed by atoms with Crippen LogP contribution >= 0.6 is 0 Å². The molecule has 5 atom stereocenters. The number of ketones is 1. The molecule has 2 nitrogen and oxygen atoms in total. The van der Waals surface area contributed by atoms with Crippen LogP contribution in [0.1, 0.15) is 84.1 Å². The molecule has 0 bridgehead atoms. The lowest BCUT2D eigenvalue weighted by Crippen LogP contribution is -2.51. The highest BCUT2D eigenvalue weighted by Crippen LogP contribution is 2.66. The molecule has 2 fully saturated rings. The smallest absolute Gasteiger partial charge is 0.156 e. The van der Waals surface area contributed by atoms with Gasteiger partial charge in [0.2, 0.25) is 0 Å². The minimum absolute atomic E-state index is 0.152. The molecule has 180 valence electrons. The van der Waals surface area contributed by atoms with E-state index in [1.165, 1.54) is 23.3 Å². The second kappa shape index (κ2) is 7.89. The summed E-state index contributed by atoms with van der Waals surface area (Å²) in [5, 5.41) is 11.9. The van der Waals surface area contributed by atoms with Crippen molar-refractivity contribution in [3.05, 3.63) is 58.2 Å². The molecule has 1 aromatic rings. The van der Waals surface area contributed by atoms with E-state index < -0.39 is 22.7 Å². The van der Waals surface area contributed by atoms with E-state index in [0.717, 1.165) is 30.9 Å². The molecule has 0 amide bonds. The van der Waals surface area contributed by atoms with Crippen molar-refractivity contribution in [1.82, 2.24) is 0 Å². The van der Waals surface area contributed by atoms with Crippen LogP contribution in [0.15, 0.2) is 41.0 Å². The third-order valence-electron chi connectivity index (χ3n) is 8.86. The van der Waals surface area contributed by atoms with Gasteiger partial charge in [-0.2, -0.15) is 0 Å². The quantitative estimate of drug-likeness (QED) is 0.473. The normalized spacial score (nSPS) is 35.1. The van der Waals surface area contributed by atoms with Crippen LogP contribution in [0.4, 0.5) is 8.78 Å². The summed E-state index contributed by atoms with van der Waals surface area (Å²) in [4.78, 5) is 12.1. The third kappa shape index (κ3) is 3.68. The van der Waals surface area contributed by atoms with E-state index in [4.69, 9.17) is 0 Å². The Morgan fingerprint density at radius 3 is 2.62 bits per heavy atom.